The summed E-state index contributed by atoms with van der Waals surface area (Å²) in [7, 11) is 1.79. The van der Waals surface area contributed by atoms with Gasteiger partial charge in [0, 0.05) is 28.2 Å². The molecule has 0 fully saturated rings. The SMILES string of the molecule is CNC1CC(C)SCc2c(F)ccc(F)c21. The normalized spacial score (nSPS) is 25.0. The summed E-state index contributed by atoms with van der Waals surface area (Å²) in [5.74, 6) is -0.0400. The Kier molecular flexibility index (Phi) is 3.50. The first-order valence-corrected chi connectivity index (χ1v) is 6.44. The molecule has 0 bridgehead atoms. The first-order valence-electron chi connectivity index (χ1n) is 5.39. The highest BCUT2D eigenvalue weighted by Gasteiger charge is 2.26. The van der Waals surface area contributed by atoms with Crippen LogP contribution in [0, 0.1) is 11.6 Å². The van der Waals surface area contributed by atoms with E-state index in [1.807, 2.05) is 0 Å². The molecule has 16 heavy (non-hydrogen) atoms. The molecule has 4 heteroatoms. The minimum atomic E-state index is -0.301. The zero-order valence-corrected chi connectivity index (χ0v) is 10.2. The van der Waals surface area contributed by atoms with Crippen LogP contribution in [0.4, 0.5) is 8.78 Å². The van der Waals surface area contributed by atoms with Crippen LogP contribution in [-0.4, -0.2) is 12.3 Å². The lowest BCUT2D eigenvalue weighted by atomic mass is 9.97. The molecule has 1 nitrogen and oxygen atoms in total. The molecular formula is C12H15F2NS. The van der Waals surface area contributed by atoms with Crippen LogP contribution in [-0.2, 0) is 5.75 Å². The molecule has 0 spiro atoms. The highest BCUT2D eigenvalue weighted by atomic mass is 32.2. The van der Waals surface area contributed by atoms with Gasteiger partial charge in [-0.15, -0.1) is 0 Å². The maximum absolute atomic E-state index is 13.8. The van der Waals surface area contributed by atoms with Crippen LogP contribution < -0.4 is 5.32 Å². The number of nitrogens with one attached hydrogen (secondary N) is 1. The Labute approximate surface area is 98.6 Å². The Hall–Kier alpha value is -0.610. The summed E-state index contributed by atoms with van der Waals surface area (Å²) in [5.41, 5.74) is 1.04. The molecule has 1 aromatic rings. The van der Waals surface area contributed by atoms with Crippen LogP contribution in [0.5, 0.6) is 0 Å². The fourth-order valence-electron chi connectivity index (χ4n) is 2.14. The van der Waals surface area contributed by atoms with E-state index < -0.39 is 0 Å². The molecule has 0 saturated heterocycles. The molecule has 0 aromatic heterocycles. The van der Waals surface area contributed by atoms with Gasteiger partial charge in [0.15, 0.2) is 0 Å². The van der Waals surface area contributed by atoms with Crippen molar-refractivity contribution in [3.05, 3.63) is 34.9 Å². The van der Waals surface area contributed by atoms with E-state index in [1.165, 1.54) is 12.1 Å². The zero-order valence-electron chi connectivity index (χ0n) is 9.39. The summed E-state index contributed by atoms with van der Waals surface area (Å²) in [6, 6.07) is 2.35. The average molecular weight is 243 g/mol. The van der Waals surface area contributed by atoms with Crippen molar-refractivity contribution in [2.24, 2.45) is 0 Å². The second-order valence-electron chi connectivity index (χ2n) is 4.12. The van der Waals surface area contributed by atoms with E-state index in [1.54, 1.807) is 18.8 Å². The third-order valence-corrected chi connectivity index (χ3v) is 4.24. The minimum absolute atomic E-state index is 0.0873. The number of halogens is 2. The van der Waals surface area contributed by atoms with Gasteiger partial charge in [0.1, 0.15) is 11.6 Å². The van der Waals surface area contributed by atoms with Gasteiger partial charge in [0.2, 0.25) is 0 Å². The molecule has 0 amide bonds. The molecule has 88 valence electrons. The van der Waals surface area contributed by atoms with Gasteiger partial charge in [-0.05, 0) is 25.6 Å². The van der Waals surface area contributed by atoms with Gasteiger partial charge in [-0.1, -0.05) is 6.92 Å². The predicted molar refractivity (Wildman–Crippen MR) is 63.5 cm³/mol. The molecule has 1 N–H and O–H groups in total. The van der Waals surface area contributed by atoms with Crippen LogP contribution in [0.1, 0.15) is 30.5 Å². The lowest BCUT2D eigenvalue weighted by molar-refractivity contribution is 0.499. The Bertz CT molecular complexity index is 395. The van der Waals surface area contributed by atoms with E-state index in [4.69, 9.17) is 0 Å². The molecule has 2 rings (SSSR count). The van der Waals surface area contributed by atoms with Crippen molar-refractivity contribution < 1.29 is 8.78 Å². The first-order chi connectivity index (χ1) is 7.63. The largest absolute Gasteiger partial charge is 0.313 e. The molecule has 1 heterocycles. The van der Waals surface area contributed by atoms with Crippen LogP contribution in [0.15, 0.2) is 12.1 Å². The number of thioether (sulfide) groups is 1. The van der Waals surface area contributed by atoms with Gasteiger partial charge in [0.05, 0.1) is 0 Å². The van der Waals surface area contributed by atoms with Crippen LogP contribution in [0.3, 0.4) is 0 Å². The lowest BCUT2D eigenvalue weighted by Crippen LogP contribution is -2.21. The van der Waals surface area contributed by atoms with Gasteiger partial charge in [-0.3, -0.25) is 0 Å². The Balaban J connectivity index is 2.52. The van der Waals surface area contributed by atoms with Gasteiger partial charge >= 0.3 is 0 Å². The van der Waals surface area contributed by atoms with Gasteiger partial charge in [-0.25, -0.2) is 8.78 Å². The quantitative estimate of drug-likeness (QED) is 0.812. The van der Waals surface area contributed by atoms with E-state index in [0.29, 0.717) is 22.1 Å². The molecule has 1 aliphatic heterocycles. The Morgan fingerprint density at radius 2 is 2.00 bits per heavy atom. The zero-order chi connectivity index (χ0) is 11.7. The highest BCUT2D eigenvalue weighted by molar-refractivity contribution is 7.99. The third-order valence-electron chi connectivity index (χ3n) is 3.02. The van der Waals surface area contributed by atoms with E-state index in [-0.39, 0.29) is 17.7 Å². The molecule has 0 saturated carbocycles. The molecule has 0 radical (unpaired) electrons. The molecule has 0 aliphatic carbocycles. The summed E-state index contributed by atoms with van der Waals surface area (Å²) >= 11 is 1.68. The van der Waals surface area contributed by atoms with Crippen molar-refractivity contribution >= 4 is 11.8 Å². The molecule has 1 aromatic carbocycles. The maximum atomic E-state index is 13.8. The summed E-state index contributed by atoms with van der Waals surface area (Å²) in [6.07, 6.45) is 0.828. The third kappa shape index (κ3) is 2.09. The van der Waals surface area contributed by atoms with Crippen LogP contribution >= 0.6 is 11.8 Å². The smallest absolute Gasteiger partial charge is 0.128 e. The Morgan fingerprint density at radius 3 is 2.69 bits per heavy atom. The predicted octanol–water partition coefficient (Wildman–Crippen LogP) is 3.25. The highest BCUT2D eigenvalue weighted by Crippen LogP contribution is 2.37. The van der Waals surface area contributed by atoms with Crippen molar-refractivity contribution in [2.45, 2.75) is 30.4 Å². The number of hydrogen-bond donors (Lipinski definition) is 1. The fourth-order valence-corrected chi connectivity index (χ4v) is 3.21. The van der Waals surface area contributed by atoms with Gasteiger partial charge in [0.25, 0.3) is 0 Å². The van der Waals surface area contributed by atoms with E-state index >= 15 is 0 Å². The molecule has 2 atom stereocenters. The van der Waals surface area contributed by atoms with Crippen LogP contribution in [0.2, 0.25) is 0 Å². The minimum Gasteiger partial charge on any atom is -0.313 e. The van der Waals surface area contributed by atoms with E-state index in [0.717, 1.165) is 6.42 Å². The summed E-state index contributed by atoms with van der Waals surface area (Å²) in [6.45, 7) is 2.09. The lowest BCUT2D eigenvalue weighted by Gasteiger charge is -2.19. The summed E-state index contributed by atoms with van der Waals surface area (Å²) in [4.78, 5) is 0. The number of fused-ring (bicyclic) bond motifs is 1. The van der Waals surface area contributed by atoms with Crippen molar-refractivity contribution in [3.63, 3.8) is 0 Å². The average Bonchev–Trinajstić information content (AvgIpc) is 2.44. The fraction of sp³-hybridized carbons (Fsp3) is 0.500. The number of rotatable bonds is 1. The first kappa shape index (κ1) is 11.9. The topological polar surface area (TPSA) is 12.0 Å². The second kappa shape index (κ2) is 4.72. The summed E-state index contributed by atoms with van der Waals surface area (Å²) < 4.78 is 27.4. The number of hydrogen-bond acceptors (Lipinski definition) is 2. The second-order valence-corrected chi connectivity index (χ2v) is 5.55. The van der Waals surface area contributed by atoms with Gasteiger partial charge in [-0.2, -0.15) is 11.8 Å². The Morgan fingerprint density at radius 1 is 1.31 bits per heavy atom. The van der Waals surface area contributed by atoms with Crippen molar-refractivity contribution in [3.8, 4) is 0 Å². The van der Waals surface area contributed by atoms with E-state index in [9.17, 15) is 8.78 Å². The molecule has 2 unspecified atom stereocenters. The molecule has 1 aliphatic rings. The number of benzene rings is 1. The van der Waals surface area contributed by atoms with Crippen molar-refractivity contribution in [1.29, 1.82) is 0 Å². The maximum Gasteiger partial charge on any atom is 0.128 e. The van der Waals surface area contributed by atoms with Crippen molar-refractivity contribution in [2.75, 3.05) is 7.05 Å². The van der Waals surface area contributed by atoms with Crippen molar-refractivity contribution in [1.82, 2.24) is 5.32 Å². The summed E-state index contributed by atoms with van der Waals surface area (Å²) in [5, 5.41) is 3.48. The molecular weight excluding hydrogens is 228 g/mol. The standard InChI is InChI=1S/C12H15F2NS/c1-7-5-11(15-2)12-8(6-16-7)9(13)3-4-10(12)14/h3-4,7,11,15H,5-6H2,1-2H3. The van der Waals surface area contributed by atoms with E-state index in [2.05, 4.69) is 12.2 Å². The monoisotopic (exact) mass is 243 g/mol. The van der Waals surface area contributed by atoms with Gasteiger partial charge < -0.3 is 5.32 Å². The van der Waals surface area contributed by atoms with Crippen LogP contribution in [0.25, 0.3) is 0 Å².